The number of ether oxygens (including phenoxy) is 2. The Hall–Kier alpha value is -3.82. The van der Waals surface area contributed by atoms with Crippen LogP contribution in [0.1, 0.15) is 27.5 Å². The summed E-state index contributed by atoms with van der Waals surface area (Å²) in [4.78, 5) is 30.3. The lowest BCUT2D eigenvalue weighted by Crippen LogP contribution is -2.46. The Bertz CT molecular complexity index is 1400. The summed E-state index contributed by atoms with van der Waals surface area (Å²) in [6.45, 7) is 2.78. The van der Waals surface area contributed by atoms with Crippen LogP contribution in [0.15, 0.2) is 77.5 Å². The molecule has 37 heavy (non-hydrogen) atoms. The zero-order chi connectivity index (χ0) is 25.8. The van der Waals surface area contributed by atoms with E-state index in [9.17, 15) is 9.59 Å². The number of benzene rings is 3. The number of oxazole rings is 1. The minimum Gasteiger partial charge on any atom is -0.480 e. The Morgan fingerprint density at radius 1 is 1.14 bits per heavy atom. The SMILES string of the molecule is COC(=O)c1ccc(OC(C(=O)C(Nc2ccccc2C)c2ccc3ncoc3c2)C2NCCS2)cc1. The number of carbonyl (C=O) groups is 2. The molecule has 0 aliphatic carbocycles. The number of hydrogen-bond acceptors (Lipinski definition) is 9. The summed E-state index contributed by atoms with van der Waals surface area (Å²) in [6.07, 6.45) is 0.590. The lowest BCUT2D eigenvalue weighted by Gasteiger charge is -2.29. The molecule has 1 fully saturated rings. The summed E-state index contributed by atoms with van der Waals surface area (Å²) in [5.41, 5.74) is 4.35. The summed E-state index contributed by atoms with van der Waals surface area (Å²) in [6, 6.07) is 19.3. The largest absolute Gasteiger partial charge is 0.480 e. The van der Waals surface area contributed by atoms with Crippen LogP contribution in [0, 0.1) is 6.92 Å². The fourth-order valence-electron chi connectivity index (χ4n) is 4.27. The molecule has 3 unspecified atom stereocenters. The second-order valence-electron chi connectivity index (χ2n) is 8.67. The van der Waals surface area contributed by atoms with Crippen molar-refractivity contribution in [2.75, 3.05) is 24.7 Å². The standard InChI is InChI=1S/C28H27N3O5S/c1-17-5-3-4-6-21(17)31-24(19-9-12-22-23(15-19)35-16-30-22)25(32)26(27-29-13-14-37-27)36-20-10-7-18(8-11-20)28(33)34-2/h3-12,15-16,24,26-27,29,31H,13-14H2,1-2H3. The molecule has 0 spiro atoms. The number of nitrogens with one attached hydrogen (secondary N) is 2. The van der Waals surface area contributed by atoms with Crippen molar-refractivity contribution in [1.29, 1.82) is 0 Å². The number of aryl methyl sites for hydroxylation is 1. The maximum Gasteiger partial charge on any atom is 0.337 e. The Morgan fingerprint density at radius 2 is 1.95 bits per heavy atom. The smallest absolute Gasteiger partial charge is 0.337 e. The first-order valence-corrected chi connectivity index (χ1v) is 13.0. The van der Waals surface area contributed by atoms with Crippen LogP contribution in [0.4, 0.5) is 5.69 Å². The Balaban J connectivity index is 1.50. The second-order valence-corrected chi connectivity index (χ2v) is 9.92. The predicted octanol–water partition coefficient (Wildman–Crippen LogP) is 4.76. The number of aromatic nitrogens is 1. The zero-order valence-corrected chi connectivity index (χ0v) is 21.3. The average Bonchev–Trinajstić information content (AvgIpc) is 3.63. The predicted molar refractivity (Wildman–Crippen MR) is 143 cm³/mol. The number of carbonyl (C=O) groups excluding carboxylic acids is 2. The van der Waals surface area contributed by atoms with Gasteiger partial charge in [-0.1, -0.05) is 24.3 Å². The number of nitrogens with zero attached hydrogens (tertiary/aromatic N) is 1. The Kier molecular flexibility index (Phi) is 7.43. The van der Waals surface area contributed by atoms with Gasteiger partial charge in [-0.3, -0.25) is 4.79 Å². The normalized spacial score (nSPS) is 16.8. The fourth-order valence-corrected chi connectivity index (χ4v) is 5.36. The molecule has 0 bridgehead atoms. The van der Waals surface area contributed by atoms with Gasteiger partial charge in [0, 0.05) is 18.0 Å². The number of methoxy groups -OCH3 is 1. The highest BCUT2D eigenvalue weighted by Crippen LogP contribution is 2.31. The molecule has 1 saturated heterocycles. The van der Waals surface area contributed by atoms with Gasteiger partial charge in [-0.05, 0) is 60.5 Å². The third kappa shape index (κ3) is 5.47. The maximum absolute atomic E-state index is 14.3. The monoisotopic (exact) mass is 517 g/mol. The molecule has 0 amide bonds. The molecule has 0 saturated carbocycles. The molecule has 3 atom stereocenters. The van der Waals surface area contributed by atoms with E-state index in [1.54, 1.807) is 36.0 Å². The Morgan fingerprint density at radius 3 is 2.68 bits per heavy atom. The summed E-state index contributed by atoms with van der Waals surface area (Å²) < 4.78 is 16.6. The van der Waals surface area contributed by atoms with E-state index < -0.39 is 18.1 Å². The number of rotatable bonds is 9. The van der Waals surface area contributed by atoms with Crippen molar-refractivity contribution < 1.29 is 23.5 Å². The molecule has 9 heteroatoms. The second kappa shape index (κ2) is 11.1. The van der Waals surface area contributed by atoms with Crippen molar-refractivity contribution in [1.82, 2.24) is 10.3 Å². The zero-order valence-electron chi connectivity index (χ0n) is 20.5. The quantitative estimate of drug-likeness (QED) is 0.304. The van der Waals surface area contributed by atoms with E-state index >= 15 is 0 Å². The minimum absolute atomic E-state index is 0.133. The van der Waals surface area contributed by atoms with Crippen LogP contribution in [-0.2, 0) is 9.53 Å². The van der Waals surface area contributed by atoms with Gasteiger partial charge in [0.15, 0.2) is 18.1 Å². The number of Topliss-reactive ketones (excluding diaryl/α,β-unsaturated/α-hetero) is 1. The highest BCUT2D eigenvalue weighted by Gasteiger charge is 2.38. The van der Waals surface area contributed by atoms with E-state index in [-0.39, 0.29) is 11.2 Å². The molecule has 4 aromatic rings. The molecule has 3 aromatic carbocycles. The number of fused-ring (bicyclic) bond motifs is 1. The van der Waals surface area contributed by atoms with Gasteiger partial charge in [0.25, 0.3) is 0 Å². The van der Waals surface area contributed by atoms with Crippen LogP contribution in [0.3, 0.4) is 0 Å². The molecule has 0 radical (unpaired) electrons. The van der Waals surface area contributed by atoms with Gasteiger partial charge >= 0.3 is 5.97 Å². The third-order valence-corrected chi connectivity index (χ3v) is 7.47. The van der Waals surface area contributed by atoms with Crippen molar-refractivity contribution in [2.24, 2.45) is 0 Å². The molecule has 1 aromatic heterocycles. The van der Waals surface area contributed by atoms with Crippen LogP contribution < -0.4 is 15.4 Å². The minimum atomic E-state index is -0.802. The first-order valence-electron chi connectivity index (χ1n) is 11.9. The highest BCUT2D eigenvalue weighted by atomic mass is 32.2. The van der Waals surface area contributed by atoms with Crippen molar-refractivity contribution >= 4 is 40.3 Å². The van der Waals surface area contributed by atoms with Crippen molar-refractivity contribution in [3.05, 3.63) is 89.8 Å². The number of anilines is 1. The number of para-hydroxylation sites is 1. The van der Waals surface area contributed by atoms with E-state index in [1.807, 2.05) is 49.4 Å². The van der Waals surface area contributed by atoms with Crippen LogP contribution in [0.5, 0.6) is 5.75 Å². The van der Waals surface area contributed by atoms with Crippen LogP contribution in [0.2, 0.25) is 0 Å². The summed E-state index contributed by atoms with van der Waals surface area (Å²) in [5.74, 6) is 0.795. The maximum atomic E-state index is 14.3. The van der Waals surface area contributed by atoms with Crippen LogP contribution >= 0.6 is 11.8 Å². The summed E-state index contributed by atoms with van der Waals surface area (Å²) in [7, 11) is 1.34. The number of hydrogen-bond donors (Lipinski definition) is 2. The van der Waals surface area contributed by atoms with E-state index in [2.05, 4.69) is 15.6 Å². The van der Waals surface area contributed by atoms with E-state index in [0.29, 0.717) is 16.9 Å². The Labute approximate surface area is 218 Å². The molecule has 2 heterocycles. The van der Waals surface area contributed by atoms with Crippen molar-refractivity contribution in [3.63, 3.8) is 0 Å². The lowest BCUT2D eigenvalue weighted by molar-refractivity contribution is -0.126. The molecular weight excluding hydrogens is 490 g/mol. The van der Waals surface area contributed by atoms with Crippen LogP contribution in [0.25, 0.3) is 11.1 Å². The molecular formula is C28H27N3O5S. The van der Waals surface area contributed by atoms with E-state index in [4.69, 9.17) is 13.9 Å². The van der Waals surface area contributed by atoms with Gasteiger partial charge in [-0.15, -0.1) is 11.8 Å². The number of ketones is 1. The average molecular weight is 518 g/mol. The molecule has 1 aliphatic heterocycles. The van der Waals surface area contributed by atoms with Gasteiger partial charge in [-0.25, -0.2) is 9.78 Å². The topological polar surface area (TPSA) is 103 Å². The molecule has 190 valence electrons. The van der Waals surface area contributed by atoms with Gasteiger partial charge < -0.3 is 24.5 Å². The lowest BCUT2D eigenvalue weighted by atomic mass is 9.97. The highest BCUT2D eigenvalue weighted by molar-refractivity contribution is 8.00. The van der Waals surface area contributed by atoms with Gasteiger partial charge in [0.2, 0.25) is 5.78 Å². The molecule has 5 rings (SSSR count). The van der Waals surface area contributed by atoms with Gasteiger partial charge in [0.05, 0.1) is 18.0 Å². The van der Waals surface area contributed by atoms with Crippen molar-refractivity contribution in [2.45, 2.75) is 24.4 Å². The number of thioether (sulfide) groups is 1. The van der Waals surface area contributed by atoms with E-state index in [0.717, 1.165) is 34.6 Å². The van der Waals surface area contributed by atoms with E-state index in [1.165, 1.54) is 13.5 Å². The fraction of sp³-hybridized carbons (Fsp3) is 0.250. The summed E-state index contributed by atoms with van der Waals surface area (Å²) >= 11 is 1.65. The molecule has 1 aliphatic rings. The molecule has 2 N–H and O–H groups in total. The van der Waals surface area contributed by atoms with Crippen LogP contribution in [-0.4, -0.2) is 47.6 Å². The van der Waals surface area contributed by atoms with Gasteiger partial charge in [-0.2, -0.15) is 0 Å². The third-order valence-electron chi connectivity index (χ3n) is 6.26. The molecule has 8 nitrogen and oxygen atoms in total. The first-order chi connectivity index (χ1) is 18.0. The summed E-state index contributed by atoms with van der Waals surface area (Å²) in [5, 5.41) is 6.61. The number of esters is 1. The van der Waals surface area contributed by atoms with Crippen molar-refractivity contribution in [3.8, 4) is 5.75 Å². The first kappa shape index (κ1) is 24.9. The van der Waals surface area contributed by atoms with Gasteiger partial charge in [0.1, 0.15) is 17.3 Å².